The minimum atomic E-state index is -0.947. The molecule has 114 valence electrons. The van der Waals surface area contributed by atoms with Gasteiger partial charge in [0.1, 0.15) is 11.5 Å². The van der Waals surface area contributed by atoms with Gasteiger partial charge in [0.2, 0.25) is 0 Å². The van der Waals surface area contributed by atoms with Crippen LogP contribution in [0.25, 0.3) is 0 Å². The van der Waals surface area contributed by atoms with Crippen molar-refractivity contribution in [3.05, 3.63) is 46.5 Å². The second-order valence-corrected chi connectivity index (χ2v) is 5.01. The number of nitrogens with one attached hydrogen (secondary N) is 1. The van der Waals surface area contributed by atoms with E-state index in [1.165, 1.54) is 0 Å². The lowest BCUT2D eigenvalue weighted by atomic mass is 10.1. The summed E-state index contributed by atoms with van der Waals surface area (Å²) < 4.78 is 42.2. The number of rotatable bonds is 4. The van der Waals surface area contributed by atoms with Crippen molar-refractivity contribution in [1.29, 1.82) is 0 Å². The topological polar surface area (TPSA) is 29.9 Å². The summed E-state index contributed by atoms with van der Waals surface area (Å²) in [5.41, 5.74) is 2.31. The summed E-state index contributed by atoms with van der Waals surface area (Å²) >= 11 is 0. The number of aromatic nitrogens is 2. The molecular weight excluding hydrogens is 279 g/mol. The van der Waals surface area contributed by atoms with Crippen LogP contribution in [-0.4, -0.2) is 9.78 Å². The summed E-state index contributed by atoms with van der Waals surface area (Å²) in [7, 11) is 0. The molecule has 1 aromatic heterocycles. The molecule has 0 radical (unpaired) electrons. The van der Waals surface area contributed by atoms with Crippen LogP contribution in [0.3, 0.4) is 0 Å². The molecule has 0 fully saturated rings. The van der Waals surface area contributed by atoms with Gasteiger partial charge in [0, 0.05) is 29.9 Å². The zero-order chi connectivity index (χ0) is 15.7. The summed E-state index contributed by atoms with van der Waals surface area (Å²) in [6, 6.07) is 0.973. The summed E-state index contributed by atoms with van der Waals surface area (Å²) in [5.74, 6) is -2.83. The quantitative estimate of drug-likeness (QED) is 0.920. The lowest BCUT2D eigenvalue weighted by molar-refractivity contribution is 0.545. The first-order valence-electron chi connectivity index (χ1n) is 6.80. The maximum Gasteiger partial charge on any atom is 0.152 e. The largest absolute Gasteiger partial charge is 0.374 e. The Bertz CT molecular complexity index is 641. The van der Waals surface area contributed by atoms with E-state index in [2.05, 4.69) is 10.4 Å². The average molecular weight is 297 g/mol. The lowest BCUT2D eigenvalue weighted by Crippen LogP contribution is -2.12. The summed E-state index contributed by atoms with van der Waals surface area (Å²) in [6.07, 6.45) is 0. The molecule has 2 aromatic rings. The van der Waals surface area contributed by atoms with Gasteiger partial charge < -0.3 is 5.32 Å². The highest BCUT2D eigenvalue weighted by Crippen LogP contribution is 2.28. The predicted octanol–water partition coefficient (Wildman–Crippen LogP) is 4.11. The SMILES string of the molecule is CCn1nc(C)c(C(C)Nc2c(F)cc(F)cc2F)c1C. The second kappa shape index (κ2) is 5.79. The number of aryl methyl sites for hydroxylation is 2. The van der Waals surface area contributed by atoms with Crippen molar-refractivity contribution in [1.82, 2.24) is 9.78 Å². The molecule has 21 heavy (non-hydrogen) atoms. The minimum absolute atomic E-state index is 0.327. The fraction of sp³-hybridized carbons (Fsp3) is 0.400. The molecule has 1 atom stereocenters. The fourth-order valence-corrected chi connectivity index (χ4v) is 2.61. The molecule has 0 aliphatic carbocycles. The van der Waals surface area contributed by atoms with Crippen LogP contribution in [0.2, 0.25) is 0 Å². The Balaban J connectivity index is 2.35. The molecule has 1 heterocycles. The maximum atomic E-state index is 13.7. The second-order valence-electron chi connectivity index (χ2n) is 5.01. The summed E-state index contributed by atoms with van der Waals surface area (Å²) in [5, 5.41) is 7.15. The Morgan fingerprint density at radius 3 is 2.24 bits per heavy atom. The van der Waals surface area contributed by atoms with Crippen molar-refractivity contribution in [3.8, 4) is 0 Å². The number of nitrogens with zero attached hydrogens (tertiary/aromatic N) is 2. The van der Waals surface area contributed by atoms with Crippen molar-refractivity contribution >= 4 is 5.69 Å². The lowest BCUT2D eigenvalue weighted by Gasteiger charge is -2.17. The number of anilines is 1. The Morgan fingerprint density at radius 2 is 1.76 bits per heavy atom. The van der Waals surface area contributed by atoms with Crippen LogP contribution < -0.4 is 5.32 Å². The van der Waals surface area contributed by atoms with Crippen molar-refractivity contribution in [3.63, 3.8) is 0 Å². The van der Waals surface area contributed by atoms with E-state index in [1.807, 2.05) is 25.5 Å². The molecule has 0 aliphatic heterocycles. The maximum absolute atomic E-state index is 13.7. The molecule has 2 rings (SSSR count). The Labute approximate surface area is 121 Å². The molecule has 3 nitrogen and oxygen atoms in total. The molecular formula is C15H18F3N3. The van der Waals surface area contributed by atoms with Gasteiger partial charge in [0.15, 0.2) is 11.6 Å². The summed E-state index contributed by atoms with van der Waals surface area (Å²) in [4.78, 5) is 0. The third-order valence-corrected chi connectivity index (χ3v) is 3.54. The Hall–Kier alpha value is -1.98. The first-order chi connectivity index (χ1) is 9.85. The zero-order valence-electron chi connectivity index (χ0n) is 12.5. The third kappa shape index (κ3) is 2.89. The number of hydrogen-bond acceptors (Lipinski definition) is 2. The molecule has 0 spiro atoms. The first kappa shape index (κ1) is 15.4. The van der Waals surface area contributed by atoms with E-state index in [9.17, 15) is 13.2 Å². The van der Waals surface area contributed by atoms with E-state index >= 15 is 0 Å². The standard InChI is InChI=1S/C15H18F3N3/c1-5-21-10(4)14(9(3)20-21)8(2)19-15-12(17)6-11(16)7-13(15)18/h6-8,19H,5H2,1-4H3. The Kier molecular flexibility index (Phi) is 4.25. The average Bonchev–Trinajstić information content (AvgIpc) is 2.68. The highest BCUT2D eigenvalue weighted by Gasteiger charge is 2.20. The Morgan fingerprint density at radius 1 is 1.19 bits per heavy atom. The molecule has 0 saturated carbocycles. The van der Waals surface area contributed by atoms with E-state index < -0.39 is 17.5 Å². The molecule has 0 aliphatic rings. The van der Waals surface area contributed by atoms with Crippen molar-refractivity contribution in [2.24, 2.45) is 0 Å². The van der Waals surface area contributed by atoms with Gasteiger partial charge in [-0.25, -0.2) is 13.2 Å². The smallest absolute Gasteiger partial charge is 0.152 e. The van der Waals surface area contributed by atoms with Crippen LogP contribution >= 0.6 is 0 Å². The van der Waals surface area contributed by atoms with E-state index in [4.69, 9.17) is 0 Å². The molecule has 1 N–H and O–H groups in total. The fourth-order valence-electron chi connectivity index (χ4n) is 2.61. The number of halogens is 3. The highest BCUT2D eigenvalue weighted by atomic mass is 19.1. The van der Waals surface area contributed by atoms with E-state index in [0.29, 0.717) is 12.1 Å². The number of hydrogen-bond donors (Lipinski definition) is 1. The third-order valence-electron chi connectivity index (χ3n) is 3.54. The van der Waals surface area contributed by atoms with Crippen molar-refractivity contribution < 1.29 is 13.2 Å². The molecule has 0 bridgehead atoms. The molecule has 1 aromatic carbocycles. The van der Waals surface area contributed by atoms with Gasteiger partial charge in [-0.1, -0.05) is 0 Å². The normalized spacial score (nSPS) is 12.5. The van der Waals surface area contributed by atoms with Crippen LogP contribution in [0, 0.1) is 31.3 Å². The van der Waals surface area contributed by atoms with Crippen LogP contribution in [0.1, 0.15) is 36.8 Å². The predicted molar refractivity (Wildman–Crippen MR) is 75.7 cm³/mol. The first-order valence-corrected chi connectivity index (χ1v) is 6.80. The molecule has 0 saturated heterocycles. The van der Waals surface area contributed by atoms with E-state index in [1.54, 1.807) is 6.92 Å². The number of benzene rings is 1. The van der Waals surface area contributed by atoms with Gasteiger partial charge in [-0.05, 0) is 27.7 Å². The van der Waals surface area contributed by atoms with Crippen molar-refractivity contribution in [2.45, 2.75) is 40.3 Å². The van der Waals surface area contributed by atoms with Crippen LogP contribution in [-0.2, 0) is 6.54 Å². The van der Waals surface area contributed by atoms with Gasteiger partial charge in [0.05, 0.1) is 11.7 Å². The van der Waals surface area contributed by atoms with Gasteiger partial charge in [-0.3, -0.25) is 4.68 Å². The van der Waals surface area contributed by atoms with Crippen molar-refractivity contribution in [2.75, 3.05) is 5.32 Å². The highest BCUT2D eigenvalue weighted by molar-refractivity contribution is 5.49. The molecule has 1 unspecified atom stereocenters. The minimum Gasteiger partial charge on any atom is -0.374 e. The van der Waals surface area contributed by atoms with Crippen LogP contribution in [0.15, 0.2) is 12.1 Å². The van der Waals surface area contributed by atoms with Crippen LogP contribution in [0.4, 0.5) is 18.9 Å². The zero-order valence-corrected chi connectivity index (χ0v) is 12.5. The van der Waals surface area contributed by atoms with Crippen LogP contribution in [0.5, 0.6) is 0 Å². The van der Waals surface area contributed by atoms with Gasteiger partial charge >= 0.3 is 0 Å². The van der Waals surface area contributed by atoms with Gasteiger partial charge in [-0.2, -0.15) is 5.10 Å². The monoisotopic (exact) mass is 297 g/mol. The van der Waals surface area contributed by atoms with E-state index in [0.717, 1.165) is 23.5 Å². The summed E-state index contributed by atoms with van der Waals surface area (Å²) in [6.45, 7) is 8.25. The molecule has 6 heteroatoms. The molecule has 0 amide bonds. The van der Waals surface area contributed by atoms with E-state index in [-0.39, 0.29) is 11.7 Å². The van der Waals surface area contributed by atoms with Gasteiger partial charge in [-0.15, -0.1) is 0 Å². The van der Waals surface area contributed by atoms with Gasteiger partial charge in [0.25, 0.3) is 0 Å².